The number of aryl methyl sites for hydroxylation is 1. The van der Waals surface area contributed by atoms with Gasteiger partial charge in [0.1, 0.15) is 5.58 Å². The first-order chi connectivity index (χ1) is 7.86. The van der Waals surface area contributed by atoms with E-state index in [4.69, 9.17) is 4.42 Å². The van der Waals surface area contributed by atoms with Gasteiger partial charge in [-0.1, -0.05) is 12.1 Å². The average Bonchev–Trinajstić information content (AvgIpc) is 2.75. The summed E-state index contributed by atoms with van der Waals surface area (Å²) < 4.78 is 5.65. The molecule has 2 aromatic rings. The fraction of sp³-hybridized carbons (Fsp3) is 0.429. The normalized spacial score (nSPS) is 18.1. The minimum absolute atomic E-state index is 0.639. The number of piperidine rings is 1. The highest BCUT2D eigenvalue weighted by atomic mass is 16.3. The van der Waals surface area contributed by atoms with E-state index in [2.05, 4.69) is 30.4 Å². The van der Waals surface area contributed by atoms with Gasteiger partial charge in [-0.15, -0.1) is 0 Å². The Labute approximate surface area is 95.6 Å². The maximum absolute atomic E-state index is 5.65. The number of fused-ring (bicyclic) bond motifs is 1. The van der Waals surface area contributed by atoms with E-state index in [0.29, 0.717) is 5.92 Å². The summed E-state index contributed by atoms with van der Waals surface area (Å²) in [5.74, 6) is 0.639. The maximum atomic E-state index is 5.65. The van der Waals surface area contributed by atoms with Crippen LogP contribution < -0.4 is 5.32 Å². The molecule has 3 rings (SSSR count). The molecule has 0 N–H and O–H groups in total. The van der Waals surface area contributed by atoms with Gasteiger partial charge in [0.15, 0.2) is 0 Å². The van der Waals surface area contributed by atoms with E-state index in [1.165, 1.54) is 29.4 Å². The van der Waals surface area contributed by atoms with E-state index >= 15 is 0 Å². The molecule has 0 aliphatic carbocycles. The van der Waals surface area contributed by atoms with Gasteiger partial charge in [-0.2, -0.15) is 0 Å². The molecule has 2 heterocycles. The molecule has 1 saturated heterocycles. The Balaban J connectivity index is 2.09. The molecule has 1 fully saturated rings. The zero-order valence-corrected chi connectivity index (χ0v) is 9.57. The van der Waals surface area contributed by atoms with E-state index in [0.717, 1.165) is 18.7 Å². The van der Waals surface area contributed by atoms with E-state index < -0.39 is 0 Å². The number of hydrogen-bond acceptors (Lipinski definition) is 1. The van der Waals surface area contributed by atoms with Crippen LogP contribution in [0.3, 0.4) is 0 Å². The Hall–Kier alpha value is -1.28. The molecule has 0 spiro atoms. The van der Waals surface area contributed by atoms with Crippen LogP contribution in [0.1, 0.15) is 29.9 Å². The number of furan rings is 1. The first kappa shape index (κ1) is 9.91. The van der Waals surface area contributed by atoms with Gasteiger partial charge in [0.2, 0.25) is 0 Å². The van der Waals surface area contributed by atoms with Crippen molar-refractivity contribution in [1.82, 2.24) is 5.32 Å². The Morgan fingerprint density at radius 2 is 2.06 bits per heavy atom. The van der Waals surface area contributed by atoms with Gasteiger partial charge in [0.25, 0.3) is 0 Å². The third-order valence-corrected chi connectivity index (χ3v) is 3.55. The number of benzene rings is 1. The molecule has 0 saturated carbocycles. The summed E-state index contributed by atoms with van der Waals surface area (Å²) >= 11 is 0. The Morgan fingerprint density at radius 3 is 2.88 bits per heavy atom. The summed E-state index contributed by atoms with van der Waals surface area (Å²) in [7, 11) is 0. The first-order valence-corrected chi connectivity index (χ1v) is 5.96. The lowest BCUT2D eigenvalue weighted by atomic mass is 9.89. The molecule has 0 unspecified atom stereocenters. The fourth-order valence-corrected chi connectivity index (χ4v) is 2.66. The maximum Gasteiger partial charge on any atom is 0.134 e. The van der Waals surface area contributed by atoms with Gasteiger partial charge < -0.3 is 4.42 Å². The highest BCUT2D eigenvalue weighted by Gasteiger charge is 2.20. The Morgan fingerprint density at radius 1 is 1.25 bits per heavy atom. The summed E-state index contributed by atoms with van der Waals surface area (Å²) in [6.07, 6.45) is 4.29. The second kappa shape index (κ2) is 3.95. The van der Waals surface area contributed by atoms with E-state index in [-0.39, 0.29) is 0 Å². The van der Waals surface area contributed by atoms with Crippen molar-refractivity contribution in [2.24, 2.45) is 0 Å². The second-order valence-corrected chi connectivity index (χ2v) is 4.58. The van der Waals surface area contributed by atoms with Gasteiger partial charge in [-0.3, -0.25) is 0 Å². The second-order valence-electron chi connectivity index (χ2n) is 4.58. The minimum atomic E-state index is 0.639. The summed E-state index contributed by atoms with van der Waals surface area (Å²) in [5, 5.41) is 5.74. The highest BCUT2D eigenvalue weighted by molar-refractivity contribution is 5.85. The van der Waals surface area contributed by atoms with E-state index in [1.54, 1.807) is 0 Å². The Kier molecular flexibility index (Phi) is 2.44. The van der Waals surface area contributed by atoms with Crippen molar-refractivity contribution in [2.75, 3.05) is 13.1 Å². The van der Waals surface area contributed by atoms with Gasteiger partial charge in [-0.25, -0.2) is 5.32 Å². The lowest BCUT2D eigenvalue weighted by Gasteiger charge is -2.20. The van der Waals surface area contributed by atoms with Crippen LogP contribution in [-0.4, -0.2) is 13.1 Å². The molecule has 1 aliphatic heterocycles. The quantitative estimate of drug-likeness (QED) is 0.716. The third-order valence-electron chi connectivity index (χ3n) is 3.55. The van der Waals surface area contributed by atoms with Crippen LogP contribution in [0, 0.1) is 6.92 Å². The number of rotatable bonds is 1. The van der Waals surface area contributed by atoms with E-state index in [1.807, 2.05) is 6.26 Å². The third kappa shape index (κ3) is 1.54. The van der Waals surface area contributed by atoms with Crippen LogP contribution in [-0.2, 0) is 0 Å². The van der Waals surface area contributed by atoms with Crippen molar-refractivity contribution in [3.8, 4) is 0 Å². The molecule has 16 heavy (non-hydrogen) atoms. The van der Waals surface area contributed by atoms with Crippen LogP contribution in [0.15, 0.2) is 28.9 Å². The molecule has 1 aliphatic rings. The van der Waals surface area contributed by atoms with Crippen LogP contribution >= 0.6 is 0 Å². The summed E-state index contributed by atoms with van der Waals surface area (Å²) in [6.45, 7) is 4.17. The average molecular weight is 214 g/mol. The number of nitrogens with zero attached hydrogens (tertiary/aromatic N) is 1. The van der Waals surface area contributed by atoms with Crippen molar-refractivity contribution < 1.29 is 4.42 Å². The van der Waals surface area contributed by atoms with Crippen molar-refractivity contribution in [2.45, 2.75) is 25.7 Å². The predicted octanol–water partition coefficient (Wildman–Crippen LogP) is 3.22. The zero-order valence-electron chi connectivity index (χ0n) is 9.57. The van der Waals surface area contributed by atoms with Crippen molar-refractivity contribution in [3.05, 3.63) is 35.6 Å². The monoisotopic (exact) mass is 214 g/mol. The molecular weight excluding hydrogens is 198 g/mol. The summed E-state index contributed by atoms with van der Waals surface area (Å²) in [5.41, 5.74) is 3.74. The van der Waals surface area contributed by atoms with Crippen LogP contribution in [0.25, 0.3) is 11.0 Å². The van der Waals surface area contributed by atoms with Crippen molar-refractivity contribution >= 4 is 11.0 Å². The van der Waals surface area contributed by atoms with Gasteiger partial charge in [-0.05, 0) is 37.3 Å². The lowest BCUT2D eigenvalue weighted by Crippen LogP contribution is -2.20. The van der Waals surface area contributed by atoms with Gasteiger partial charge >= 0.3 is 0 Å². The van der Waals surface area contributed by atoms with Gasteiger partial charge in [0.05, 0.1) is 6.26 Å². The van der Waals surface area contributed by atoms with Crippen LogP contribution in [0.4, 0.5) is 0 Å². The van der Waals surface area contributed by atoms with Crippen molar-refractivity contribution in [3.63, 3.8) is 0 Å². The molecule has 2 nitrogen and oxygen atoms in total. The van der Waals surface area contributed by atoms with Crippen LogP contribution in [0.5, 0.6) is 0 Å². The smallest absolute Gasteiger partial charge is 0.134 e. The fourth-order valence-electron chi connectivity index (χ4n) is 2.66. The SMILES string of the molecule is Cc1cccc2occ(C3CC[N]CC3)c12. The van der Waals surface area contributed by atoms with Crippen LogP contribution in [0.2, 0.25) is 0 Å². The predicted molar refractivity (Wildman–Crippen MR) is 64.8 cm³/mol. The summed E-state index contributed by atoms with van der Waals surface area (Å²) in [6, 6.07) is 6.27. The van der Waals surface area contributed by atoms with Gasteiger partial charge in [0, 0.05) is 24.0 Å². The Bertz CT molecular complexity index is 494. The topological polar surface area (TPSA) is 27.2 Å². The lowest BCUT2D eigenvalue weighted by molar-refractivity contribution is 0.451. The highest BCUT2D eigenvalue weighted by Crippen LogP contribution is 2.34. The minimum Gasteiger partial charge on any atom is -0.464 e. The molecule has 0 atom stereocenters. The van der Waals surface area contributed by atoms with Crippen molar-refractivity contribution in [1.29, 1.82) is 0 Å². The molecule has 1 aromatic heterocycles. The van der Waals surface area contributed by atoms with E-state index in [9.17, 15) is 0 Å². The zero-order chi connectivity index (χ0) is 11.0. The summed E-state index contributed by atoms with van der Waals surface area (Å²) in [4.78, 5) is 0. The molecule has 1 radical (unpaired) electrons. The number of hydrogen-bond donors (Lipinski definition) is 0. The molecule has 1 aromatic carbocycles. The first-order valence-electron chi connectivity index (χ1n) is 5.96. The molecule has 0 amide bonds. The molecule has 0 bridgehead atoms. The largest absolute Gasteiger partial charge is 0.464 e. The standard InChI is InChI=1S/C14H16NO/c1-10-3-2-4-13-14(10)12(9-16-13)11-5-7-15-8-6-11/h2-4,9,11H,5-8H2,1H3. The molecule has 83 valence electrons. The molecule has 2 heteroatoms. The molecular formula is C14H16NO.